The third-order valence-electron chi connectivity index (χ3n) is 5.20. The van der Waals surface area contributed by atoms with Crippen LogP contribution in [0.25, 0.3) is 22.4 Å². The number of aromatic nitrogens is 2. The molecule has 34 heavy (non-hydrogen) atoms. The van der Waals surface area contributed by atoms with E-state index in [-0.39, 0.29) is 13.0 Å². The quantitative estimate of drug-likeness (QED) is 0.312. The average molecular weight is 476 g/mol. The molecule has 9 heteroatoms. The molecule has 0 aliphatic carbocycles. The molecule has 0 unspecified atom stereocenters. The number of H-pyrrole nitrogens is 1. The number of primary amides is 1. The van der Waals surface area contributed by atoms with Gasteiger partial charge >= 0.3 is 0 Å². The molecule has 0 aliphatic heterocycles. The summed E-state index contributed by atoms with van der Waals surface area (Å²) in [7, 11) is 0. The van der Waals surface area contributed by atoms with Crippen LogP contribution in [0.2, 0.25) is 5.02 Å². The normalized spacial score (nSPS) is 11.7. The van der Waals surface area contributed by atoms with Crippen molar-refractivity contribution in [1.82, 2.24) is 20.6 Å². The predicted octanol–water partition coefficient (Wildman–Crippen LogP) is 2.83. The fourth-order valence-electron chi connectivity index (χ4n) is 3.49. The van der Waals surface area contributed by atoms with Gasteiger partial charge < -0.3 is 21.4 Å². The summed E-state index contributed by atoms with van der Waals surface area (Å²) in [4.78, 5) is 44.6. The van der Waals surface area contributed by atoms with E-state index >= 15 is 0 Å². The topological polar surface area (TPSA) is 130 Å². The summed E-state index contributed by atoms with van der Waals surface area (Å²) >= 11 is 5.94. The van der Waals surface area contributed by atoms with E-state index < -0.39 is 23.8 Å². The maximum Gasteiger partial charge on any atom is 0.252 e. The van der Waals surface area contributed by atoms with Crippen molar-refractivity contribution in [3.05, 3.63) is 88.9 Å². The van der Waals surface area contributed by atoms with E-state index in [1.165, 1.54) is 0 Å². The van der Waals surface area contributed by atoms with Gasteiger partial charge in [-0.3, -0.25) is 14.4 Å². The minimum atomic E-state index is -0.926. The number of nitrogens with two attached hydrogens (primary N) is 1. The van der Waals surface area contributed by atoms with Crippen LogP contribution < -0.4 is 16.4 Å². The van der Waals surface area contributed by atoms with Crippen LogP contribution in [0.4, 0.5) is 0 Å². The van der Waals surface area contributed by atoms with Crippen molar-refractivity contribution in [2.24, 2.45) is 5.73 Å². The Hall–Kier alpha value is -4.17. The number of imidazole rings is 1. The van der Waals surface area contributed by atoms with Crippen molar-refractivity contribution in [2.45, 2.75) is 12.5 Å². The van der Waals surface area contributed by atoms with Gasteiger partial charge in [-0.15, -0.1) is 0 Å². The number of aromatic amines is 1. The van der Waals surface area contributed by atoms with Crippen LogP contribution in [-0.4, -0.2) is 40.3 Å². The summed E-state index contributed by atoms with van der Waals surface area (Å²) < 4.78 is 0. The Morgan fingerprint density at radius 3 is 2.44 bits per heavy atom. The van der Waals surface area contributed by atoms with Crippen molar-refractivity contribution in [3.8, 4) is 11.4 Å². The number of rotatable bonds is 8. The van der Waals surface area contributed by atoms with Crippen LogP contribution in [-0.2, 0) is 16.0 Å². The maximum absolute atomic E-state index is 13.0. The van der Waals surface area contributed by atoms with Crippen molar-refractivity contribution in [2.75, 3.05) is 6.54 Å². The molecule has 3 amide bonds. The summed E-state index contributed by atoms with van der Waals surface area (Å²) in [6, 6.07) is 20.7. The molecular weight excluding hydrogens is 454 g/mol. The molecule has 1 atom stereocenters. The second-order valence-electron chi connectivity index (χ2n) is 7.72. The molecule has 1 aromatic heterocycles. The third kappa shape index (κ3) is 5.60. The van der Waals surface area contributed by atoms with E-state index in [2.05, 4.69) is 20.6 Å². The Morgan fingerprint density at radius 2 is 1.74 bits per heavy atom. The number of halogens is 1. The molecule has 0 aliphatic rings. The fourth-order valence-corrected chi connectivity index (χ4v) is 3.61. The molecule has 0 saturated carbocycles. The first-order valence-corrected chi connectivity index (χ1v) is 10.9. The second kappa shape index (κ2) is 10.2. The summed E-state index contributed by atoms with van der Waals surface area (Å²) in [5, 5.41) is 5.76. The molecule has 3 aromatic carbocycles. The molecule has 0 saturated heterocycles. The van der Waals surface area contributed by atoms with Crippen LogP contribution in [0.15, 0.2) is 72.8 Å². The Labute approximate surface area is 200 Å². The molecule has 8 nitrogen and oxygen atoms in total. The Kier molecular flexibility index (Phi) is 6.89. The number of nitrogens with zero attached hydrogens (tertiary/aromatic N) is 1. The third-order valence-corrected chi connectivity index (χ3v) is 5.46. The van der Waals surface area contributed by atoms with Crippen molar-refractivity contribution in [1.29, 1.82) is 0 Å². The van der Waals surface area contributed by atoms with Gasteiger partial charge in [0.15, 0.2) is 0 Å². The lowest BCUT2D eigenvalue weighted by Crippen LogP contribution is -2.49. The standard InChI is InChI=1S/C25H22ClN5O3/c26-18-9-6-15(7-10-18)12-21(25(34)28-14-22(27)32)31-24(33)17-8-11-19-20(13-17)30-23(29-19)16-4-2-1-3-5-16/h1-11,13,21H,12,14H2,(H2,27,32)(H,28,34)(H,29,30)(H,31,33)/t21-/m0/s1. The van der Waals surface area contributed by atoms with Crippen LogP contribution >= 0.6 is 11.6 Å². The highest BCUT2D eigenvalue weighted by atomic mass is 35.5. The average Bonchev–Trinajstić information content (AvgIpc) is 3.27. The summed E-state index contributed by atoms with van der Waals surface area (Å²) in [5.74, 6) is -0.939. The minimum absolute atomic E-state index is 0.206. The van der Waals surface area contributed by atoms with Gasteiger partial charge in [-0.1, -0.05) is 54.1 Å². The highest BCUT2D eigenvalue weighted by molar-refractivity contribution is 6.30. The van der Waals surface area contributed by atoms with Crippen LogP contribution in [0.1, 0.15) is 15.9 Å². The molecule has 4 rings (SSSR count). The molecule has 1 heterocycles. The van der Waals surface area contributed by atoms with Gasteiger partial charge in [0.1, 0.15) is 11.9 Å². The highest BCUT2D eigenvalue weighted by Crippen LogP contribution is 2.21. The molecular formula is C25H22ClN5O3. The number of nitrogens with one attached hydrogen (secondary N) is 3. The number of hydrogen-bond acceptors (Lipinski definition) is 4. The molecule has 0 spiro atoms. The van der Waals surface area contributed by atoms with Gasteiger partial charge in [0, 0.05) is 22.6 Å². The van der Waals surface area contributed by atoms with Crippen LogP contribution in [0, 0.1) is 0 Å². The predicted molar refractivity (Wildman–Crippen MR) is 130 cm³/mol. The van der Waals surface area contributed by atoms with Gasteiger partial charge in [-0.25, -0.2) is 4.98 Å². The van der Waals surface area contributed by atoms with Gasteiger partial charge in [0.25, 0.3) is 5.91 Å². The lowest BCUT2D eigenvalue weighted by Gasteiger charge is -2.18. The molecule has 5 N–H and O–H groups in total. The van der Waals surface area contributed by atoms with E-state index in [1.807, 2.05) is 30.3 Å². The molecule has 0 bridgehead atoms. The number of fused-ring (bicyclic) bond motifs is 1. The van der Waals surface area contributed by atoms with E-state index in [0.717, 1.165) is 11.1 Å². The fraction of sp³-hybridized carbons (Fsp3) is 0.120. The number of amides is 3. The zero-order valence-corrected chi connectivity index (χ0v) is 18.8. The lowest BCUT2D eigenvalue weighted by molar-refractivity contribution is -0.126. The zero-order valence-electron chi connectivity index (χ0n) is 18.0. The molecule has 0 fully saturated rings. The maximum atomic E-state index is 13.0. The van der Waals surface area contributed by atoms with E-state index in [4.69, 9.17) is 17.3 Å². The smallest absolute Gasteiger partial charge is 0.252 e. The zero-order chi connectivity index (χ0) is 24.1. The largest absolute Gasteiger partial charge is 0.368 e. The first-order chi connectivity index (χ1) is 16.4. The van der Waals surface area contributed by atoms with Crippen molar-refractivity contribution < 1.29 is 14.4 Å². The number of benzene rings is 3. The monoisotopic (exact) mass is 475 g/mol. The van der Waals surface area contributed by atoms with E-state index in [9.17, 15) is 14.4 Å². The Morgan fingerprint density at radius 1 is 1.00 bits per heavy atom. The lowest BCUT2D eigenvalue weighted by atomic mass is 10.0. The van der Waals surface area contributed by atoms with Crippen LogP contribution in [0.3, 0.4) is 0 Å². The summed E-state index contributed by atoms with van der Waals surface area (Å²) in [5.41, 5.74) is 8.63. The number of hydrogen-bond donors (Lipinski definition) is 4. The van der Waals surface area contributed by atoms with E-state index in [0.29, 0.717) is 27.4 Å². The summed E-state index contributed by atoms with van der Waals surface area (Å²) in [6.07, 6.45) is 0.206. The molecule has 0 radical (unpaired) electrons. The minimum Gasteiger partial charge on any atom is -0.368 e. The second-order valence-corrected chi connectivity index (χ2v) is 8.16. The van der Waals surface area contributed by atoms with E-state index in [1.54, 1.807) is 42.5 Å². The Bertz CT molecular complexity index is 1340. The number of carbonyl (C=O) groups is 3. The summed E-state index contributed by atoms with van der Waals surface area (Å²) in [6.45, 7) is -0.325. The van der Waals surface area contributed by atoms with Crippen molar-refractivity contribution in [3.63, 3.8) is 0 Å². The van der Waals surface area contributed by atoms with Gasteiger partial charge in [0.05, 0.1) is 17.6 Å². The van der Waals surface area contributed by atoms with Gasteiger partial charge in [-0.2, -0.15) is 0 Å². The Balaban J connectivity index is 1.55. The van der Waals surface area contributed by atoms with Gasteiger partial charge in [-0.05, 0) is 35.9 Å². The SMILES string of the molecule is NC(=O)CNC(=O)[C@H](Cc1ccc(Cl)cc1)NC(=O)c1ccc2nc(-c3ccccc3)[nH]c2c1. The molecule has 4 aromatic rings. The van der Waals surface area contributed by atoms with Crippen molar-refractivity contribution >= 4 is 40.4 Å². The number of carbonyl (C=O) groups excluding carboxylic acids is 3. The van der Waals surface area contributed by atoms with Gasteiger partial charge in [0.2, 0.25) is 11.8 Å². The molecule has 172 valence electrons. The highest BCUT2D eigenvalue weighted by Gasteiger charge is 2.22. The van der Waals surface area contributed by atoms with Crippen LogP contribution in [0.5, 0.6) is 0 Å². The first-order valence-electron chi connectivity index (χ1n) is 10.6. The first kappa shape index (κ1) is 23.0.